The Morgan fingerprint density at radius 2 is 1.92 bits per heavy atom. The summed E-state index contributed by atoms with van der Waals surface area (Å²) in [7, 11) is 1.62. The number of anilines is 1. The predicted octanol–water partition coefficient (Wildman–Crippen LogP) is 2.46. The van der Waals surface area contributed by atoms with Crippen molar-refractivity contribution >= 4 is 17.5 Å². The molecular formula is C20H20N2O3. The molecule has 2 aromatic carbocycles. The average Bonchev–Trinajstić information content (AvgIpc) is 3.08. The summed E-state index contributed by atoms with van der Waals surface area (Å²) >= 11 is 0. The van der Waals surface area contributed by atoms with Crippen LogP contribution >= 0.6 is 0 Å². The second-order valence-corrected chi connectivity index (χ2v) is 6.43. The zero-order valence-electron chi connectivity index (χ0n) is 14.2. The Morgan fingerprint density at radius 1 is 1.16 bits per heavy atom. The van der Waals surface area contributed by atoms with E-state index >= 15 is 0 Å². The summed E-state index contributed by atoms with van der Waals surface area (Å²) in [6.45, 7) is 1.15. The number of hydrogen-bond acceptors (Lipinski definition) is 3. The number of amides is 2. The zero-order chi connectivity index (χ0) is 17.4. The molecule has 0 unspecified atom stereocenters. The first-order chi connectivity index (χ1) is 12.2. The standard InChI is InChI=1S/C20H20N2O3/c1-25-17-5-3-2-4-15(17)12-21-20(24)16-10-13-6-7-18(23)22-9-8-14(11-16)19(13)22/h2-5,10-11H,6-9,12H2,1H3,(H,21,24). The van der Waals surface area contributed by atoms with Crippen molar-refractivity contribution in [1.82, 2.24) is 5.32 Å². The average molecular weight is 336 g/mol. The number of para-hydroxylation sites is 1. The molecule has 1 N–H and O–H groups in total. The van der Waals surface area contributed by atoms with Crippen molar-refractivity contribution in [2.45, 2.75) is 25.8 Å². The molecule has 0 saturated carbocycles. The first-order valence-electron chi connectivity index (χ1n) is 8.53. The normalized spacial score (nSPS) is 15.1. The molecule has 128 valence electrons. The number of carbonyl (C=O) groups is 2. The molecule has 0 saturated heterocycles. The highest BCUT2D eigenvalue weighted by Gasteiger charge is 2.31. The van der Waals surface area contributed by atoms with Crippen LogP contribution in [0, 0.1) is 0 Å². The van der Waals surface area contributed by atoms with E-state index in [1.165, 1.54) is 0 Å². The number of aryl methyl sites for hydroxylation is 1. The third kappa shape index (κ3) is 2.76. The van der Waals surface area contributed by atoms with Crippen molar-refractivity contribution in [3.63, 3.8) is 0 Å². The van der Waals surface area contributed by atoms with Crippen molar-refractivity contribution < 1.29 is 14.3 Å². The summed E-state index contributed by atoms with van der Waals surface area (Å²) in [6.07, 6.45) is 2.06. The minimum absolute atomic E-state index is 0.0969. The van der Waals surface area contributed by atoms with Crippen molar-refractivity contribution in [3.8, 4) is 5.75 Å². The van der Waals surface area contributed by atoms with E-state index in [1.54, 1.807) is 7.11 Å². The minimum atomic E-state index is -0.0969. The lowest BCUT2D eigenvalue weighted by Crippen LogP contribution is -2.33. The molecule has 5 heteroatoms. The second-order valence-electron chi connectivity index (χ2n) is 6.43. The molecular weight excluding hydrogens is 316 g/mol. The van der Waals surface area contributed by atoms with Crippen LogP contribution in [0.5, 0.6) is 5.75 Å². The third-order valence-electron chi connectivity index (χ3n) is 4.95. The Morgan fingerprint density at radius 3 is 2.72 bits per heavy atom. The lowest BCUT2D eigenvalue weighted by molar-refractivity contribution is -0.118. The van der Waals surface area contributed by atoms with Gasteiger partial charge in [0.1, 0.15) is 5.75 Å². The van der Waals surface area contributed by atoms with Crippen molar-refractivity contribution in [2.24, 2.45) is 0 Å². The third-order valence-corrected chi connectivity index (χ3v) is 4.95. The molecule has 0 aliphatic carbocycles. The smallest absolute Gasteiger partial charge is 0.251 e. The molecule has 0 spiro atoms. The molecule has 2 amide bonds. The first-order valence-corrected chi connectivity index (χ1v) is 8.53. The van der Waals surface area contributed by atoms with E-state index in [4.69, 9.17) is 4.74 Å². The Kier molecular flexibility index (Phi) is 3.92. The zero-order valence-corrected chi connectivity index (χ0v) is 14.2. The van der Waals surface area contributed by atoms with E-state index < -0.39 is 0 Å². The number of ether oxygens (including phenoxy) is 1. The summed E-state index contributed by atoms with van der Waals surface area (Å²) in [5.41, 5.74) is 4.86. The number of methoxy groups -OCH3 is 1. The highest BCUT2D eigenvalue weighted by Crippen LogP contribution is 2.37. The first kappa shape index (κ1) is 15.7. The van der Waals surface area contributed by atoms with E-state index in [0.29, 0.717) is 24.9 Å². The number of nitrogens with one attached hydrogen (secondary N) is 1. The van der Waals surface area contributed by atoms with Crippen molar-refractivity contribution in [3.05, 3.63) is 58.7 Å². The topological polar surface area (TPSA) is 58.6 Å². The maximum atomic E-state index is 12.6. The summed E-state index contributed by atoms with van der Waals surface area (Å²) in [5.74, 6) is 0.862. The van der Waals surface area contributed by atoms with Crippen LogP contribution in [0.1, 0.15) is 33.5 Å². The molecule has 2 aromatic rings. The molecule has 4 rings (SSSR count). The summed E-state index contributed by atoms with van der Waals surface area (Å²) < 4.78 is 5.32. The van der Waals surface area contributed by atoms with Crippen LogP contribution in [0.4, 0.5) is 5.69 Å². The molecule has 0 aromatic heterocycles. The van der Waals surface area contributed by atoms with Crippen molar-refractivity contribution in [2.75, 3.05) is 18.6 Å². The molecule has 2 heterocycles. The van der Waals surface area contributed by atoms with Crippen LogP contribution in [0.3, 0.4) is 0 Å². The molecule has 0 atom stereocenters. The van der Waals surface area contributed by atoms with E-state index in [2.05, 4.69) is 5.32 Å². The Hall–Kier alpha value is -2.82. The molecule has 25 heavy (non-hydrogen) atoms. The number of rotatable bonds is 4. The predicted molar refractivity (Wildman–Crippen MR) is 95.0 cm³/mol. The molecule has 5 nitrogen and oxygen atoms in total. The maximum Gasteiger partial charge on any atom is 0.251 e. The lowest BCUT2D eigenvalue weighted by atomic mass is 9.96. The van der Waals surface area contributed by atoms with Gasteiger partial charge in [-0.25, -0.2) is 0 Å². The van der Waals surface area contributed by atoms with Gasteiger partial charge in [0, 0.05) is 30.6 Å². The van der Waals surface area contributed by atoms with Gasteiger partial charge in [0.15, 0.2) is 0 Å². The summed E-state index contributed by atoms with van der Waals surface area (Å²) in [5, 5.41) is 2.97. The van der Waals surface area contributed by atoms with Crippen LogP contribution in [-0.4, -0.2) is 25.5 Å². The van der Waals surface area contributed by atoms with Gasteiger partial charge in [0.25, 0.3) is 5.91 Å². The quantitative estimate of drug-likeness (QED) is 0.933. The van der Waals surface area contributed by atoms with Gasteiger partial charge in [-0.1, -0.05) is 18.2 Å². The molecule has 0 radical (unpaired) electrons. The number of nitrogens with zero attached hydrogens (tertiary/aromatic N) is 1. The Bertz CT molecular complexity index is 860. The summed E-state index contributed by atoms with van der Waals surface area (Å²) in [6, 6.07) is 11.5. The molecule has 0 fully saturated rings. The van der Waals surface area contributed by atoms with Gasteiger partial charge in [-0.3, -0.25) is 9.59 Å². The van der Waals surface area contributed by atoms with Crippen LogP contribution in [0.25, 0.3) is 0 Å². The van der Waals surface area contributed by atoms with Crippen LogP contribution in [0.2, 0.25) is 0 Å². The van der Waals surface area contributed by atoms with Gasteiger partial charge < -0.3 is 15.0 Å². The second kappa shape index (κ2) is 6.24. The van der Waals surface area contributed by atoms with Crippen LogP contribution < -0.4 is 15.0 Å². The van der Waals surface area contributed by atoms with Crippen LogP contribution in [0.15, 0.2) is 36.4 Å². The van der Waals surface area contributed by atoms with E-state index in [9.17, 15) is 9.59 Å². The van der Waals surface area contributed by atoms with E-state index in [1.807, 2.05) is 41.3 Å². The van der Waals surface area contributed by atoms with Gasteiger partial charge in [-0.05, 0) is 42.2 Å². The number of carbonyl (C=O) groups excluding carboxylic acids is 2. The van der Waals surface area contributed by atoms with Gasteiger partial charge >= 0.3 is 0 Å². The van der Waals surface area contributed by atoms with Gasteiger partial charge in [-0.15, -0.1) is 0 Å². The largest absolute Gasteiger partial charge is 0.496 e. The van der Waals surface area contributed by atoms with Crippen LogP contribution in [-0.2, 0) is 24.2 Å². The fourth-order valence-corrected chi connectivity index (χ4v) is 3.72. The molecule has 2 aliphatic heterocycles. The van der Waals surface area contributed by atoms with Crippen molar-refractivity contribution in [1.29, 1.82) is 0 Å². The number of hydrogen-bond donors (Lipinski definition) is 1. The lowest BCUT2D eigenvalue weighted by Gasteiger charge is -2.25. The van der Waals surface area contributed by atoms with E-state index in [-0.39, 0.29) is 11.8 Å². The molecule has 2 aliphatic rings. The highest BCUT2D eigenvalue weighted by molar-refractivity contribution is 6.01. The van der Waals surface area contributed by atoms with Gasteiger partial charge in [0.2, 0.25) is 5.91 Å². The molecule has 0 bridgehead atoms. The fraction of sp³-hybridized carbons (Fsp3) is 0.300. The van der Waals surface area contributed by atoms with Gasteiger partial charge in [-0.2, -0.15) is 0 Å². The number of benzene rings is 2. The SMILES string of the molecule is COc1ccccc1CNC(=O)c1cc2c3c(c1)CCN3C(=O)CC2. The summed E-state index contributed by atoms with van der Waals surface area (Å²) in [4.78, 5) is 26.5. The highest BCUT2D eigenvalue weighted by atomic mass is 16.5. The fourth-order valence-electron chi connectivity index (χ4n) is 3.72. The van der Waals surface area contributed by atoms with Gasteiger partial charge in [0.05, 0.1) is 12.8 Å². The Labute approximate surface area is 146 Å². The maximum absolute atomic E-state index is 12.6. The minimum Gasteiger partial charge on any atom is -0.496 e. The van der Waals surface area contributed by atoms with E-state index in [0.717, 1.165) is 41.1 Å². The monoisotopic (exact) mass is 336 g/mol. The Balaban J connectivity index is 1.55.